The van der Waals surface area contributed by atoms with Crippen LogP contribution in [0.15, 0.2) is 9.75 Å². The highest BCUT2D eigenvalue weighted by molar-refractivity contribution is 7.99. The lowest BCUT2D eigenvalue weighted by Gasteiger charge is -2.36. The van der Waals surface area contributed by atoms with Gasteiger partial charge in [0.1, 0.15) is 0 Å². The van der Waals surface area contributed by atoms with Crippen molar-refractivity contribution >= 4 is 24.0 Å². The Hall–Kier alpha value is -1.45. The smallest absolute Gasteiger partial charge is 0.286 e. The average molecular weight is 439 g/mol. The van der Waals surface area contributed by atoms with Crippen molar-refractivity contribution in [2.45, 2.75) is 69.7 Å². The van der Waals surface area contributed by atoms with Gasteiger partial charge in [0.15, 0.2) is 0 Å². The van der Waals surface area contributed by atoms with Gasteiger partial charge >= 0.3 is 0 Å². The molecule has 0 bridgehead atoms. The van der Waals surface area contributed by atoms with Crippen LogP contribution in [0.3, 0.4) is 0 Å². The van der Waals surface area contributed by atoms with E-state index < -0.39 is 6.04 Å². The molecule has 8 nitrogen and oxygen atoms in total. The third-order valence-electron chi connectivity index (χ3n) is 5.84. The largest absolute Gasteiger partial charge is 0.379 e. The van der Waals surface area contributed by atoms with Gasteiger partial charge in [-0.25, -0.2) is 0 Å². The number of Topliss-reactive ketones (excluding diaryl/α,β-unsaturated/α-hetero) is 1. The van der Waals surface area contributed by atoms with Crippen molar-refractivity contribution in [2.75, 3.05) is 38.6 Å². The summed E-state index contributed by atoms with van der Waals surface area (Å²) in [4.78, 5) is 33.6. The molecule has 3 rings (SSSR count). The monoisotopic (exact) mass is 438 g/mol. The molecule has 0 radical (unpaired) electrons. The van der Waals surface area contributed by atoms with E-state index in [1.807, 2.05) is 0 Å². The lowest BCUT2D eigenvalue weighted by Crippen LogP contribution is -2.48. The number of ether oxygens (including phenoxy) is 1. The molecule has 2 fully saturated rings. The first-order valence-corrected chi connectivity index (χ1v) is 12.1. The van der Waals surface area contributed by atoms with Gasteiger partial charge in [0.2, 0.25) is 18.0 Å². The minimum atomic E-state index is -0.533. The van der Waals surface area contributed by atoms with Gasteiger partial charge in [-0.3, -0.25) is 14.5 Å². The normalized spacial score (nSPS) is 19.7. The number of carbonyl (C=O) groups is 2. The second-order valence-electron chi connectivity index (χ2n) is 8.54. The van der Waals surface area contributed by atoms with E-state index in [2.05, 4.69) is 28.9 Å². The molecule has 30 heavy (non-hydrogen) atoms. The standard InChI is InChI=1S/C21H34N4O4S/c1-16(2)14-18(25(15-26)17-6-4-3-5-7-17)19(27)20-22-21(29-23-20)30-13-10-24-8-11-28-12-9-24/h15-18H,3-14H2,1-2H3. The van der Waals surface area contributed by atoms with E-state index in [0.717, 1.165) is 70.7 Å². The highest BCUT2D eigenvalue weighted by atomic mass is 32.2. The first-order chi connectivity index (χ1) is 14.6. The lowest BCUT2D eigenvalue weighted by atomic mass is 9.90. The number of hydrogen-bond acceptors (Lipinski definition) is 8. The van der Waals surface area contributed by atoms with Gasteiger partial charge < -0.3 is 14.2 Å². The Morgan fingerprint density at radius 3 is 2.67 bits per heavy atom. The summed E-state index contributed by atoms with van der Waals surface area (Å²) in [5.74, 6) is 0.954. The molecule has 1 unspecified atom stereocenters. The molecule has 1 amide bonds. The summed E-state index contributed by atoms with van der Waals surface area (Å²) in [7, 11) is 0. The second kappa shape index (κ2) is 11.8. The topological polar surface area (TPSA) is 88.8 Å². The summed E-state index contributed by atoms with van der Waals surface area (Å²) < 4.78 is 10.7. The third-order valence-corrected chi connectivity index (χ3v) is 6.64. The van der Waals surface area contributed by atoms with Gasteiger partial charge in [0, 0.05) is 31.4 Å². The number of aromatic nitrogens is 2. The maximum atomic E-state index is 13.2. The van der Waals surface area contributed by atoms with Crippen LogP contribution in [0.1, 0.15) is 63.0 Å². The molecule has 1 aromatic heterocycles. The summed E-state index contributed by atoms with van der Waals surface area (Å²) in [6.45, 7) is 8.46. The number of thioether (sulfide) groups is 1. The van der Waals surface area contributed by atoms with Crippen molar-refractivity contribution in [3.8, 4) is 0 Å². The van der Waals surface area contributed by atoms with E-state index in [-0.39, 0.29) is 23.6 Å². The SMILES string of the molecule is CC(C)CC(C(=O)c1noc(SCCN2CCOCC2)n1)N(C=O)C1CCCCC1. The Balaban J connectivity index is 1.61. The molecule has 9 heteroatoms. The fraction of sp³-hybridized carbons (Fsp3) is 0.810. The number of carbonyl (C=O) groups excluding carboxylic acids is 2. The number of nitrogens with zero attached hydrogens (tertiary/aromatic N) is 4. The summed E-state index contributed by atoms with van der Waals surface area (Å²) in [5, 5.41) is 4.35. The molecule has 1 aliphatic carbocycles. The maximum absolute atomic E-state index is 13.2. The summed E-state index contributed by atoms with van der Waals surface area (Å²) in [6.07, 6.45) is 6.75. The summed E-state index contributed by atoms with van der Waals surface area (Å²) in [6, 6.07) is -0.410. The van der Waals surface area contributed by atoms with Gasteiger partial charge in [0.05, 0.1) is 19.3 Å². The lowest BCUT2D eigenvalue weighted by molar-refractivity contribution is -0.122. The predicted octanol–water partition coefficient (Wildman–Crippen LogP) is 2.88. The second-order valence-corrected chi connectivity index (χ2v) is 9.59. The Kier molecular flexibility index (Phi) is 9.14. The molecule has 0 aromatic carbocycles. The summed E-state index contributed by atoms with van der Waals surface area (Å²) >= 11 is 1.46. The van der Waals surface area contributed by atoms with E-state index in [1.165, 1.54) is 18.2 Å². The number of amides is 1. The number of morpholine rings is 1. The van der Waals surface area contributed by atoms with Crippen LogP contribution in [0.5, 0.6) is 0 Å². The molecule has 0 N–H and O–H groups in total. The van der Waals surface area contributed by atoms with Crippen molar-refractivity contribution in [2.24, 2.45) is 5.92 Å². The average Bonchev–Trinajstić information content (AvgIpc) is 3.23. The molecular weight excluding hydrogens is 404 g/mol. The molecule has 0 spiro atoms. The first kappa shape index (κ1) is 23.2. The van der Waals surface area contributed by atoms with E-state index in [0.29, 0.717) is 11.6 Å². The van der Waals surface area contributed by atoms with E-state index in [4.69, 9.17) is 9.26 Å². The zero-order valence-corrected chi connectivity index (χ0v) is 18.9. The van der Waals surface area contributed by atoms with E-state index in [9.17, 15) is 9.59 Å². The Morgan fingerprint density at radius 2 is 2.00 bits per heavy atom. The van der Waals surface area contributed by atoms with Crippen molar-refractivity contribution < 1.29 is 18.8 Å². The molecular formula is C21H34N4O4S. The zero-order valence-electron chi connectivity index (χ0n) is 18.1. The maximum Gasteiger partial charge on any atom is 0.286 e. The fourth-order valence-electron chi connectivity index (χ4n) is 4.21. The molecule has 168 valence electrons. The van der Waals surface area contributed by atoms with Gasteiger partial charge in [0.25, 0.3) is 5.22 Å². The quantitative estimate of drug-likeness (QED) is 0.296. The van der Waals surface area contributed by atoms with Crippen LogP contribution < -0.4 is 0 Å². The van der Waals surface area contributed by atoms with Crippen LogP contribution in [0.25, 0.3) is 0 Å². The Morgan fingerprint density at radius 1 is 1.27 bits per heavy atom. The van der Waals surface area contributed by atoms with Crippen LogP contribution in [0, 0.1) is 5.92 Å². The number of rotatable bonds is 11. The van der Waals surface area contributed by atoms with Gasteiger partial charge in [-0.1, -0.05) is 50.0 Å². The van der Waals surface area contributed by atoms with Crippen molar-refractivity contribution in [3.63, 3.8) is 0 Å². The van der Waals surface area contributed by atoms with Gasteiger partial charge in [-0.2, -0.15) is 4.98 Å². The minimum Gasteiger partial charge on any atom is -0.379 e. The van der Waals surface area contributed by atoms with Crippen LogP contribution >= 0.6 is 11.8 Å². The van der Waals surface area contributed by atoms with Crippen LogP contribution in [0.2, 0.25) is 0 Å². The molecule has 2 aliphatic rings. The number of hydrogen-bond donors (Lipinski definition) is 0. The van der Waals surface area contributed by atoms with Gasteiger partial charge in [-0.05, 0) is 25.2 Å². The van der Waals surface area contributed by atoms with Crippen LogP contribution in [-0.4, -0.2) is 82.8 Å². The van der Waals surface area contributed by atoms with Crippen LogP contribution in [0.4, 0.5) is 0 Å². The Labute approximate surface area is 183 Å². The van der Waals surface area contributed by atoms with E-state index in [1.54, 1.807) is 4.90 Å². The molecule has 1 aromatic rings. The van der Waals surface area contributed by atoms with Crippen molar-refractivity contribution in [1.29, 1.82) is 0 Å². The van der Waals surface area contributed by atoms with Crippen molar-refractivity contribution in [3.05, 3.63) is 5.82 Å². The highest BCUT2D eigenvalue weighted by Crippen LogP contribution is 2.27. The van der Waals surface area contributed by atoms with Crippen LogP contribution in [-0.2, 0) is 9.53 Å². The molecule has 1 saturated heterocycles. The Bertz CT molecular complexity index is 672. The first-order valence-electron chi connectivity index (χ1n) is 11.1. The van der Waals surface area contributed by atoms with E-state index >= 15 is 0 Å². The van der Waals surface area contributed by atoms with Gasteiger partial charge in [-0.15, -0.1) is 0 Å². The fourth-order valence-corrected chi connectivity index (χ4v) is 4.97. The number of ketones is 1. The third kappa shape index (κ3) is 6.52. The highest BCUT2D eigenvalue weighted by Gasteiger charge is 2.34. The predicted molar refractivity (Wildman–Crippen MR) is 115 cm³/mol. The molecule has 2 heterocycles. The molecule has 1 aliphatic heterocycles. The molecule has 1 atom stereocenters. The zero-order chi connectivity index (χ0) is 21.3. The minimum absolute atomic E-state index is 0.0807. The summed E-state index contributed by atoms with van der Waals surface area (Å²) in [5.41, 5.74) is 0. The molecule has 1 saturated carbocycles. The van der Waals surface area contributed by atoms with Crippen molar-refractivity contribution in [1.82, 2.24) is 19.9 Å².